The second-order valence-electron chi connectivity index (χ2n) is 9.75. The lowest BCUT2D eigenvalue weighted by Crippen LogP contribution is -2.42. The van der Waals surface area contributed by atoms with Gasteiger partial charge in [-0.1, -0.05) is 19.3 Å². The van der Waals surface area contributed by atoms with Crippen molar-refractivity contribution >= 4 is 5.91 Å². The summed E-state index contributed by atoms with van der Waals surface area (Å²) in [6.07, 6.45) is 12.1. The van der Waals surface area contributed by atoms with Gasteiger partial charge in [-0.25, -0.2) is 4.98 Å². The number of carbonyl (C=O) groups excluding carboxylic acids is 1. The van der Waals surface area contributed by atoms with Crippen molar-refractivity contribution in [2.75, 3.05) is 19.6 Å². The average molecular weight is 439 g/mol. The Labute approximate surface area is 189 Å². The second kappa shape index (κ2) is 9.17. The molecule has 1 amide bonds. The maximum atomic E-state index is 13.1. The number of piperidine rings is 1. The molecular formula is C24H34N6O2. The molecule has 0 radical (unpaired) electrons. The van der Waals surface area contributed by atoms with E-state index >= 15 is 0 Å². The number of nitrogens with zero attached hydrogens (tertiary/aromatic N) is 5. The first kappa shape index (κ1) is 21.4. The van der Waals surface area contributed by atoms with E-state index in [1.807, 2.05) is 11.9 Å². The maximum absolute atomic E-state index is 13.1. The topological polar surface area (TPSA) is 87.1 Å². The molecule has 1 N–H and O–H groups in total. The molecule has 4 heterocycles. The maximum Gasteiger partial charge on any atom is 0.274 e. The number of H-pyrrole nitrogens is 1. The predicted molar refractivity (Wildman–Crippen MR) is 121 cm³/mol. The first-order valence-electron chi connectivity index (χ1n) is 12.2. The number of hydrogen-bond donors (Lipinski definition) is 1. The van der Waals surface area contributed by atoms with E-state index in [1.165, 1.54) is 32.1 Å². The van der Waals surface area contributed by atoms with Crippen LogP contribution in [0.3, 0.4) is 0 Å². The van der Waals surface area contributed by atoms with Gasteiger partial charge in [0, 0.05) is 45.8 Å². The average Bonchev–Trinajstić information content (AvgIpc) is 3.26. The molecule has 172 valence electrons. The number of aromatic nitrogens is 4. The first-order chi connectivity index (χ1) is 15.6. The number of rotatable bonds is 4. The van der Waals surface area contributed by atoms with Gasteiger partial charge in [0.25, 0.3) is 11.5 Å². The summed E-state index contributed by atoms with van der Waals surface area (Å²) in [6, 6.07) is 1.55. The van der Waals surface area contributed by atoms with E-state index in [4.69, 9.17) is 4.98 Å². The SMILES string of the molecule is Cn1ccc(C(=O)N2CCCC[C@@H]2c2nc3c(c(=O)[nH]2)CN(CC2CCCCC2)CC3)n1. The smallest absolute Gasteiger partial charge is 0.274 e. The van der Waals surface area contributed by atoms with Crippen molar-refractivity contribution in [3.05, 3.63) is 45.4 Å². The third kappa shape index (κ3) is 4.37. The van der Waals surface area contributed by atoms with Crippen molar-refractivity contribution in [3.8, 4) is 0 Å². The van der Waals surface area contributed by atoms with Gasteiger partial charge in [0.05, 0.1) is 17.3 Å². The fraction of sp³-hybridized carbons (Fsp3) is 0.667. The molecule has 1 saturated heterocycles. The fourth-order valence-electron chi connectivity index (χ4n) is 5.68. The van der Waals surface area contributed by atoms with Gasteiger partial charge in [0.15, 0.2) is 0 Å². The first-order valence-corrected chi connectivity index (χ1v) is 12.2. The van der Waals surface area contributed by atoms with Crippen LogP contribution in [-0.2, 0) is 20.0 Å². The van der Waals surface area contributed by atoms with Crippen molar-refractivity contribution in [1.82, 2.24) is 29.5 Å². The molecular weight excluding hydrogens is 404 g/mol. The number of nitrogens with one attached hydrogen (secondary N) is 1. The van der Waals surface area contributed by atoms with Gasteiger partial charge in [-0.2, -0.15) is 5.10 Å². The normalized spacial score (nSPS) is 22.7. The number of amides is 1. The molecule has 0 bridgehead atoms. The molecule has 8 nitrogen and oxygen atoms in total. The summed E-state index contributed by atoms with van der Waals surface area (Å²) in [5.74, 6) is 1.32. The van der Waals surface area contributed by atoms with Crippen LogP contribution < -0.4 is 5.56 Å². The number of aromatic amines is 1. The Balaban J connectivity index is 1.35. The van der Waals surface area contributed by atoms with Crippen LogP contribution in [0.1, 0.15) is 85.0 Å². The highest BCUT2D eigenvalue weighted by molar-refractivity contribution is 5.92. The van der Waals surface area contributed by atoms with Crippen LogP contribution in [0, 0.1) is 5.92 Å². The summed E-state index contributed by atoms with van der Waals surface area (Å²) in [5.41, 5.74) is 2.14. The van der Waals surface area contributed by atoms with E-state index in [2.05, 4.69) is 15.0 Å². The molecule has 1 atom stereocenters. The Bertz CT molecular complexity index is 1020. The Morgan fingerprint density at radius 3 is 2.72 bits per heavy atom. The molecule has 8 heteroatoms. The molecule has 5 rings (SSSR count). The molecule has 0 unspecified atom stereocenters. The summed E-state index contributed by atoms with van der Waals surface area (Å²) >= 11 is 0. The molecule has 2 aromatic rings. The lowest BCUT2D eigenvalue weighted by molar-refractivity contribution is 0.0591. The van der Waals surface area contributed by atoms with Crippen LogP contribution in [0.4, 0.5) is 0 Å². The van der Waals surface area contributed by atoms with Crippen LogP contribution in [0.5, 0.6) is 0 Å². The van der Waals surface area contributed by atoms with Gasteiger partial charge < -0.3 is 9.88 Å². The van der Waals surface area contributed by atoms with Crippen molar-refractivity contribution in [2.24, 2.45) is 13.0 Å². The van der Waals surface area contributed by atoms with Crippen LogP contribution in [0.25, 0.3) is 0 Å². The van der Waals surface area contributed by atoms with Crippen molar-refractivity contribution < 1.29 is 4.79 Å². The van der Waals surface area contributed by atoms with E-state index in [1.54, 1.807) is 16.9 Å². The van der Waals surface area contributed by atoms with Gasteiger partial charge in [0.1, 0.15) is 11.5 Å². The minimum Gasteiger partial charge on any atom is -0.327 e. The molecule has 1 aliphatic carbocycles. The summed E-state index contributed by atoms with van der Waals surface area (Å²) in [7, 11) is 1.81. The molecule has 2 aliphatic heterocycles. The number of fused-ring (bicyclic) bond motifs is 1. The van der Waals surface area contributed by atoms with Crippen LogP contribution in [0.15, 0.2) is 17.1 Å². The van der Waals surface area contributed by atoms with Crippen molar-refractivity contribution in [1.29, 1.82) is 0 Å². The van der Waals surface area contributed by atoms with Gasteiger partial charge >= 0.3 is 0 Å². The monoisotopic (exact) mass is 438 g/mol. The summed E-state index contributed by atoms with van der Waals surface area (Å²) < 4.78 is 1.64. The lowest BCUT2D eigenvalue weighted by atomic mass is 9.88. The third-order valence-corrected chi connectivity index (χ3v) is 7.42. The Kier molecular flexibility index (Phi) is 6.13. The van der Waals surface area contributed by atoms with Crippen LogP contribution >= 0.6 is 0 Å². The van der Waals surface area contributed by atoms with Crippen molar-refractivity contribution in [2.45, 2.75) is 70.4 Å². The van der Waals surface area contributed by atoms with Gasteiger partial charge in [0.2, 0.25) is 0 Å². The molecule has 3 aliphatic rings. The molecule has 1 saturated carbocycles. The largest absolute Gasteiger partial charge is 0.327 e. The van der Waals surface area contributed by atoms with Crippen molar-refractivity contribution in [3.63, 3.8) is 0 Å². The molecule has 0 aromatic carbocycles. The van der Waals surface area contributed by atoms with Gasteiger partial charge in [-0.3, -0.25) is 19.2 Å². The fourth-order valence-corrected chi connectivity index (χ4v) is 5.68. The summed E-state index contributed by atoms with van der Waals surface area (Å²) in [5, 5.41) is 4.29. The number of carbonyl (C=O) groups is 1. The van der Waals surface area contributed by atoms with Crippen LogP contribution in [0.2, 0.25) is 0 Å². The highest BCUT2D eigenvalue weighted by Gasteiger charge is 2.33. The highest BCUT2D eigenvalue weighted by Crippen LogP contribution is 2.31. The number of likely N-dealkylation sites (tertiary alicyclic amines) is 1. The van der Waals surface area contributed by atoms with Gasteiger partial charge in [-0.15, -0.1) is 0 Å². The Morgan fingerprint density at radius 2 is 1.94 bits per heavy atom. The third-order valence-electron chi connectivity index (χ3n) is 7.42. The molecule has 0 spiro atoms. The minimum absolute atomic E-state index is 0.0332. The van der Waals surface area contributed by atoms with E-state index in [0.29, 0.717) is 24.6 Å². The van der Waals surface area contributed by atoms with Crippen LogP contribution in [-0.4, -0.2) is 55.1 Å². The zero-order chi connectivity index (χ0) is 22.1. The second-order valence-corrected chi connectivity index (χ2v) is 9.75. The standard InChI is InChI=1S/C24H34N6O2/c1-28-13-10-20(27-28)24(32)30-12-6-5-9-21(30)22-25-19-11-14-29(16-18(19)23(31)26-22)15-17-7-3-2-4-8-17/h10,13,17,21H,2-9,11-12,14-16H2,1H3,(H,25,26,31)/t21-/m1/s1. The summed E-state index contributed by atoms with van der Waals surface area (Å²) in [4.78, 5) is 38.4. The Hall–Kier alpha value is -2.48. The van der Waals surface area contributed by atoms with E-state index < -0.39 is 0 Å². The molecule has 2 fully saturated rings. The van der Waals surface area contributed by atoms with E-state index in [0.717, 1.165) is 55.9 Å². The summed E-state index contributed by atoms with van der Waals surface area (Å²) in [6.45, 7) is 3.40. The zero-order valence-electron chi connectivity index (χ0n) is 19.1. The number of hydrogen-bond acceptors (Lipinski definition) is 5. The highest BCUT2D eigenvalue weighted by atomic mass is 16.2. The minimum atomic E-state index is -0.198. The Morgan fingerprint density at radius 1 is 1.12 bits per heavy atom. The zero-order valence-corrected chi connectivity index (χ0v) is 19.1. The molecule has 32 heavy (non-hydrogen) atoms. The van der Waals surface area contributed by atoms with Gasteiger partial charge in [-0.05, 0) is 44.1 Å². The predicted octanol–water partition coefficient (Wildman–Crippen LogP) is 2.81. The molecule has 2 aromatic heterocycles. The number of aryl methyl sites for hydroxylation is 1. The quantitative estimate of drug-likeness (QED) is 0.793. The lowest BCUT2D eigenvalue weighted by Gasteiger charge is -2.36. The van der Waals surface area contributed by atoms with E-state index in [9.17, 15) is 9.59 Å². The van der Waals surface area contributed by atoms with E-state index in [-0.39, 0.29) is 17.5 Å².